The van der Waals surface area contributed by atoms with Crippen LogP contribution < -0.4 is 19.8 Å². The van der Waals surface area contributed by atoms with Crippen LogP contribution in [-0.2, 0) is 26.9 Å². The van der Waals surface area contributed by atoms with E-state index in [9.17, 15) is 49.4 Å². The number of carbonyl (C=O) groups is 1. The van der Waals surface area contributed by atoms with Crippen LogP contribution in [0.1, 0.15) is 22.5 Å². The summed E-state index contributed by atoms with van der Waals surface area (Å²) in [6, 6.07) is 31.6. The van der Waals surface area contributed by atoms with Gasteiger partial charge in [-0.25, -0.2) is 26.0 Å². The fourth-order valence-electron chi connectivity index (χ4n) is 9.31. The summed E-state index contributed by atoms with van der Waals surface area (Å²) in [5.74, 6) is -1.11. The number of rotatable bonds is 19. The third kappa shape index (κ3) is 12.3. The Bertz CT molecular complexity index is 3110. The molecule has 73 heavy (non-hydrogen) atoms. The number of β-amino-alcohol motifs (C(OH)–C–C–N with tert-alkyl or cyclic N) is 1. The summed E-state index contributed by atoms with van der Waals surface area (Å²) in [4.78, 5) is 20.3. The van der Waals surface area contributed by atoms with Gasteiger partial charge in [0, 0.05) is 118 Å². The number of hydrogen-bond acceptors (Lipinski definition) is 12. The first-order valence-electron chi connectivity index (χ1n) is 23.7. The molecule has 8 rings (SSSR count). The third-order valence-corrected chi connectivity index (χ3v) is 17.4. The summed E-state index contributed by atoms with van der Waals surface area (Å²) >= 11 is 1.46. The van der Waals surface area contributed by atoms with Gasteiger partial charge < -0.3 is 34.8 Å². The van der Waals surface area contributed by atoms with Crippen molar-refractivity contribution in [2.45, 2.75) is 39.6 Å². The van der Waals surface area contributed by atoms with Gasteiger partial charge in [0.2, 0.25) is 0 Å². The number of sulfone groups is 1. The van der Waals surface area contributed by atoms with Gasteiger partial charge in [0.25, 0.3) is 19.9 Å². The average molecular weight is 1060 g/mol. The molecule has 2 saturated heterocycles. The molecule has 4 N–H and O–H groups in total. The highest BCUT2D eigenvalue weighted by molar-refractivity contribution is 7.99. The van der Waals surface area contributed by atoms with Crippen molar-refractivity contribution < 1.29 is 49.4 Å². The van der Waals surface area contributed by atoms with Crippen LogP contribution in [0, 0.1) is 12.7 Å². The number of alkyl halides is 3. The molecule has 0 unspecified atom stereocenters. The van der Waals surface area contributed by atoms with Crippen LogP contribution in [0.5, 0.6) is 0 Å². The van der Waals surface area contributed by atoms with Crippen molar-refractivity contribution in [1.82, 2.24) is 14.4 Å². The maximum absolute atomic E-state index is 14.3. The highest BCUT2D eigenvalue weighted by atomic mass is 32.2. The molecule has 0 saturated carbocycles. The lowest BCUT2D eigenvalue weighted by Crippen LogP contribution is -2.48. The van der Waals surface area contributed by atoms with Crippen LogP contribution in [0.3, 0.4) is 0 Å². The van der Waals surface area contributed by atoms with Gasteiger partial charge in [-0.05, 0) is 115 Å². The lowest BCUT2D eigenvalue weighted by atomic mass is 9.96. The van der Waals surface area contributed by atoms with E-state index in [1.165, 1.54) is 36.0 Å². The number of aliphatic hydroxyl groups excluding tert-OH is 1. The maximum atomic E-state index is 14.3. The predicted molar refractivity (Wildman–Crippen MR) is 278 cm³/mol. The van der Waals surface area contributed by atoms with Crippen LogP contribution in [0.2, 0.25) is 0 Å². The van der Waals surface area contributed by atoms with Crippen molar-refractivity contribution in [3.05, 3.63) is 138 Å². The van der Waals surface area contributed by atoms with E-state index in [0.29, 0.717) is 85.6 Å². The third-order valence-electron chi connectivity index (χ3n) is 13.4. The van der Waals surface area contributed by atoms with E-state index in [-0.39, 0.29) is 23.5 Å². The molecule has 2 aliphatic heterocycles. The standard InChI is InChI=1S/C52H57F4N7O7S3/c1-36-48(51(65)66)49(50(59(36)2)37-11-13-39(53)14-12-37)38-7-6-8-43(33-38)63-29-27-62(28-30-63)42-17-15-40(16-18-42)58-73(69,70)45-19-20-46(47(34-45)72(67,68)52(54,55)56)57-41(35-71-44-9-4-3-5-10-44)21-22-60-23-25-61(26-24-60)31-32-64/h3-20,33-34,41,57-58,64H,21-32,35H2,1-2H3,(H,65,66)/t41-/m1/s1. The van der Waals surface area contributed by atoms with Gasteiger partial charge in [0.1, 0.15) is 10.7 Å². The number of halogens is 4. The molecule has 6 aromatic rings. The second-order valence-corrected chi connectivity index (χ2v) is 22.7. The van der Waals surface area contributed by atoms with E-state index in [1.807, 2.05) is 54.6 Å². The number of anilines is 4. The normalized spacial score (nSPS) is 15.6. The quantitative estimate of drug-likeness (QED) is 0.0451. The molecule has 5 aromatic carbocycles. The Morgan fingerprint density at radius 3 is 1.99 bits per heavy atom. The van der Waals surface area contributed by atoms with Crippen LogP contribution in [0.15, 0.2) is 136 Å². The van der Waals surface area contributed by atoms with Gasteiger partial charge in [-0.1, -0.05) is 30.3 Å². The number of sulfonamides is 1. The molecule has 21 heteroatoms. The number of piperazine rings is 2. The van der Waals surface area contributed by atoms with Crippen molar-refractivity contribution in [2.24, 2.45) is 7.05 Å². The highest BCUT2D eigenvalue weighted by Crippen LogP contribution is 2.41. The number of thioether (sulfide) groups is 1. The summed E-state index contributed by atoms with van der Waals surface area (Å²) < 4.78 is 115. The Balaban J connectivity index is 0.955. The molecule has 1 aromatic heterocycles. The number of carboxylic acids is 1. The van der Waals surface area contributed by atoms with Crippen molar-refractivity contribution in [3.8, 4) is 22.4 Å². The zero-order valence-corrected chi connectivity index (χ0v) is 42.7. The molecule has 0 bridgehead atoms. The molecule has 0 aliphatic carbocycles. The van der Waals surface area contributed by atoms with Crippen molar-refractivity contribution >= 4 is 60.3 Å². The molecule has 1 atom stereocenters. The van der Waals surface area contributed by atoms with E-state index in [4.69, 9.17) is 0 Å². The highest BCUT2D eigenvalue weighted by Gasteiger charge is 2.48. The summed E-state index contributed by atoms with van der Waals surface area (Å²) in [5.41, 5.74) is -1.07. The number of aromatic carboxylic acids is 1. The fourth-order valence-corrected chi connectivity index (χ4v) is 12.4. The van der Waals surface area contributed by atoms with Gasteiger partial charge in [-0.15, -0.1) is 11.8 Å². The first-order chi connectivity index (χ1) is 34.8. The van der Waals surface area contributed by atoms with Gasteiger partial charge in [-0.3, -0.25) is 9.62 Å². The Morgan fingerprint density at radius 1 is 0.740 bits per heavy atom. The largest absolute Gasteiger partial charge is 0.501 e. The Hall–Kier alpha value is -6.10. The van der Waals surface area contributed by atoms with E-state index in [2.05, 4.69) is 29.6 Å². The molecule has 0 radical (unpaired) electrons. The van der Waals surface area contributed by atoms with Gasteiger partial charge in [0.15, 0.2) is 0 Å². The number of nitrogens with zero attached hydrogens (tertiary/aromatic N) is 5. The zero-order valence-electron chi connectivity index (χ0n) is 40.2. The molecule has 14 nitrogen and oxygen atoms in total. The van der Waals surface area contributed by atoms with Crippen LogP contribution >= 0.6 is 11.8 Å². The zero-order chi connectivity index (χ0) is 52.1. The Kier molecular flexibility index (Phi) is 16.4. The molecular weight excluding hydrogens is 1010 g/mol. The monoisotopic (exact) mass is 1060 g/mol. The number of nitrogens with one attached hydrogen (secondary N) is 2. The summed E-state index contributed by atoms with van der Waals surface area (Å²) in [7, 11) is -8.85. The summed E-state index contributed by atoms with van der Waals surface area (Å²) in [6.07, 6.45) is 0.444. The smallest absolute Gasteiger partial charge is 0.478 e. The molecule has 2 aliphatic rings. The number of carboxylic acid groups (broad SMARTS) is 1. The average Bonchev–Trinajstić information content (AvgIpc) is 3.65. The molecular formula is C52H57F4N7O7S3. The maximum Gasteiger partial charge on any atom is 0.501 e. The Labute approximate surface area is 427 Å². The van der Waals surface area contributed by atoms with Crippen LogP contribution in [0.4, 0.5) is 40.3 Å². The summed E-state index contributed by atoms with van der Waals surface area (Å²) in [5, 5.41) is 22.7. The number of benzene rings is 5. The molecule has 2 fully saturated rings. The fraction of sp³-hybridized carbons (Fsp3) is 0.327. The van der Waals surface area contributed by atoms with E-state index < -0.39 is 53.0 Å². The van der Waals surface area contributed by atoms with Crippen LogP contribution in [0.25, 0.3) is 22.4 Å². The summed E-state index contributed by atoms with van der Waals surface area (Å²) in [6.45, 7) is 8.19. The van der Waals surface area contributed by atoms with Gasteiger partial charge in [-0.2, -0.15) is 13.2 Å². The second kappa shape index (κ2) is 22.6. The Morgan fingerprint density at radius 2 is 1.37 bits per heavy atom. The lowest BCUT2D eigenvalue weighted by molar-refractivity contribution is -0.0436. The van der Waals surface area contributed by atoms with Crippen molar-refractivity contribution in [3.63, 3.8) is 0 Å². The van der Waals surface area contributed by atoms with E-state index in [1.54, 1.807) is 42.8 Å². The van der Waals surface area contributed by atoms with Crippen molar-refractivity contribution in [1.29, 1.82) is 0 Å². The predicted octanol–water partition coefficient (Wildman–Crippen LogP) is 8.50. The SMILES string of the molecule is Cc1c(C(=O)O)c(-c2cccc(N3CCN(c4ccc(NS(=O)(=O)c5ccc(N[C@H](CCN6CCN(CCO)CC6)CSc6ccccc6)c(S(=O)(=O)C(F)(F)F)c5)cc4)CC3)c2)c(-c2ccc(F)cc2)n1C. The van der Waals surface area contributed by atoms with E-state index >= 15 is 0 Å². The first-order valence-corrected chi connectivity index (χ1v) is 27.6. The minimum atomic E-state index is -6.04. The lowest BCUT2D eigenvalue weighted by Gasteiger charge is -2.37. The second-order valence-electron chi connectivity index (χ2n) is 18.0. The number of aliphatic hydroxyl groups is 1. The minimum Gasteiger partial charge on any atom is -0.478 e. The molecule has 388 valence electrons. The molecule has 0 amide bonds. The number of aromatic nitrogens is 1. The van der Waals surface area contributed by atoms with Crippen LogP contribution in [-0.4, -0.2) is 137 Å². The first kappa shape index (κ1) is 53.2. The molecule has 0 spiro atoms. The van der Waals surface area contributed by atoms with Gasteiger partial charge in [0.05, 0.1) is 28.4 Å². The van der Waals surface area contributed by atoms with E-state index in [0.717, 1.165) is 54.6 Å². The van der Waals surface area contributed by atoms with Crippen molar-refractivity contribution in [2.75, 3.05) is 97.6 Å². The number of hydrogen-bond donors (Lipinski definition) is 4. The van der Waals surface area contributed by atoms with Gasteiger partial charge >= 0.3 is 11.5 Å². The molecule has 3 heterocycles. The topological polar surface area (TPSA) is 168 Å². The minimum absolute atomic E-state index is 0.0522.